The van der Waals surface area contributed by atoms with E-state index in [4.69, 9.17) is 13.9 Å². The molecular weight excluding hydrogens is 420 g/mol. The van der Waals surface area contributed by atoms with Gasteiger partial charge in [-0.3, -0.25) is 9.69 Å². The molecule has 1 atom stereocenters. The molecule has 7 nitrogen and oxygen atoms in total. The number of methoxy groups -OCH3 is 2. The second-order valence-electron chi connectivity index (χ2n) is 9.24. The quantitative estimate of drug-likeness (QED) is 0.540. The summed E-state index contributed by atoms with van der Waals surface area (Å²) < 4.78 is 16.3. The molecule has 33 heavy (non-hydrogen) atoms. The van der Waals surface area contributed by atoms with Crippen LogP contribution in [0.25, 0.3) is 0 Å². The van der Waals surface area contributed by atoms with E-state index in [2.05, 4.69) is 25.8 Å². The third kappa shape index (κ3) is 3.88. The normalized spacial score (nSPS) is 17.5. The van der Waals surface area contributed by atoms with Crippen LogP contribution in [0.4, 0.5) is 5.69 Å². The molecule has 0 bridgehead atoms. The number of benzene rings is 2. The summed E-state index contributed by atoms with van der Waals surface area (Å²) in [6.45, 7) is 6.26. The number of anilines is 1. The molecule has 0 radical (unpaired) electrons. The van der Waals surface area contributed by atoms with Crippen molar-refractivity contribution in [1.29, 1.82) is 0 Å². The first-order valence-electron chi connectivity index (χ1n) is 10.8. The maximum atomic E-state index is 14.0. The van der Waals surface area contributed by atoms with Gasteiger partial charge in [-0.2, -0.15) is 0 Å². The maximum absolute atomic E-state index is 14.0. The molecule has 1 unspecified atom stereocenters. The van der Waals surface area contributed by atoms with Gasteiger partial charge in [0, 0.05) is 17.7 Å². The molecular formula is C26H28N2O5. The van der Waals surface area contributed by atoms with Crippen molar-refractivity contribution in [2.75, 3.05) is 19.1 Å². The number of esters is 1. The molecule has 7 heteroatoms. The van der Waals surface area contributed by atoms with Gasteiger partial charge in [-0.1, -0.05) is 45.0 Å². The number of aromatic nitrogens is 1. The van der Waals surface area contributed by atoms with Crippen LogP contribution in [0.5, 0.6) is 5.75 Å². The standard InChI is InChI=1S/C26H28N2O5/c1-25(2,3)19-11-10-17(14-21(19)31-4)23(29)28-20-9-7-6-8-18(20)15-26(28,24(30)32-5)16-22-27-12-13-33-22/h6-14H,15-16H2,1-5H3. The van der Waals surface area contributed by atoms with E-state index in [9.17, 15) is 9.59 Å². The maximum Gasteiger partial charge on any atom is 0.333 e. The summed E-state index contributed by atoms with van der Waals surface area (Å²) in [4.78, 5) is 33.0. The lowest BCUT2D eigenvalue weighted by atomic mass is 9.85. The lowest BCUT2D eigenvalue weighted by molar-refractivity contribution is -0.146. The summed E-state index contributed by atoms with van der Waals surface area (Å²) in [5, 5.41) is 0. The van der Waals surface area contributed by atoms with Crippen molar-refractivity contribution in [2.24, 2.45) is 0 Å². The van der Waals surface area contributed by atoms with E-state index >= 15 is 0 Å². The van der Waals surface area contributed by atoms with Crippen molar-refractivity contribution >= 4 is 17.6 Å². The predicted molar refractivity (Wildman–Crippen MR) is 124 cm³/mol. The Hall–Kier alpha value is -3.61. The molecule has 1 aliphatic heterocycles. The average Bonchev–Trinajstić information content (AvgIpc) is 3.42. The van der Waals surface area contributed by atoms with E-state index in [1.165, 1.54) is 24.5 Å². The monoisotopic (exact) mass is 448 g/mol. The zero-order valence-corrected chi connectivity index (χ0v) is 19.5. The lowest BCUT2D eigenvalue weighted by Crippen LogP contribution is -2.58. The van der Waals surface area contributed by atoms with E-state index in [0.717, 1.165) is 11.1 Å². The summed E-state index contributed by atoms with van der Waals surface area (Å²) in [6, 6.07) is 12.9. The van der Waals surface area contributed by atoms with Crippen molar-refractivity contribution in [1.82, 2.24) is 4.98 Å². The van der Waals surface area contributed by atoms with E-state index in [1.807, 2.05) is 30.3 Å². The SMILES string of the molecule is COC(=O)C1(Cc2ncco2)Cc2ccccc2N1C(=O)c1ccc(C(C)(C)C)c(OC)c1. The smallest absolute Gasteiger partial charge is 0.333 e. The molecule has 0 aliphatic carbocycles. The van der Waals surface area contributed by atoms with Gasteiger partial charge in [0.05, 0.1) is 26.8 Å². The number of para-hydroxylation sites is 1. The van der Waals surface area contributed by atoms with Gasteiger partial charge in [0.25, 0.3) is 5.91 Å². The molecule has 1 amide bonds. The number of oxazole rings is 1. The van der Waals surface area contributed by atoms with Crippen LogP contribution in [0.2, 0.25) is 0 Å². The molecule has 0 fully saturated rings. The largest absolute Gasteiger partial charge is 0.496 e. The van der Waals surface area contributed by atoms with Crippen LogP contribution >= 0.6 is 0 Å². The fourth-order valence-electron chi connectivity index (χ4n) is 4.54. The van der Waals surface area contributed by atoms with Gasteiger partial charge in [-0.25, -0.2) is 9.78 Å². The van der Waals surface area contributed by atoms with E-state index in [0.29, 0.717) is 29.3 Å². The van der Waals surface area contributed by atoms with Gasteiger partial charge < -0.3 is 13.9 Å². The van der Waals surface area contributed by atoms with Crippen LogP contribution in [0.3, 0.4) is 0 Å². The molecule has 2 aromatic carbocycles. The summed E-state index contributed by atoms with van der Waals surface area (Å²) in [7, 11) is 2.91. The Labute approximate surface area is 193 Å². The zero-order chi connectivity index (χ0) is 23.8. The second-order valence-corrected chi connectivity index (χ2v) is 9.24. The van der Waals surface area contributed by atoms with Crippen molar-refractivity contribution in [3.63, 3.8) is 0 Å². The Bertz CT molecular complexity index is 1180. The Morgan fingerprint density at radius 2 is 1.91 bits per heavy atom. The van der Waals surface area contributed by atoms with Crippen molar-refractivity contribution in [3.05, 3.63) is 77.5 Å². The number of amides is 1. The molecule has 0 saturated carbocycles. The third-order valence-corrected chi connectivity index (χ3v) is 6.10. The number of hydrogen-bond donors (Lipinski definition) is 0. The van der Waals surface area contributed by atoms with E-state index in [1.54, 1.807) is 19.2 Å². The van der Waals surface area contributed by atoms with Crippen LogP contribution in [-0.2, 0) is 27.8 Å². The Kier molecular flexibility index (Phi) is 5.74. The molecule has 3 aromatic rings. The van der Waals surface area contributed by atoms with Crippen LogP contribution < -0.4 is 9.64 Å². The minimum absolute atomic E-state index is 0.0876. The van der Waals surface area contributed by atoms with Crippen molar-refractivity contribution in [2.45, 2.75) is 44.6 Å². The number of carbonyl (C=O) groups is 2. The van der Waals surface area contributed by atoms with Crippen molar-refractivity contribution < 1.29 is 23.5 Å². The summed E-state index contributed by atoms with van der Waals surface area (Å²) in [5.74, 6) is 0.128. The van der Waals surface area contributed by atoms with Gasteiger partial charge in [0.15, 0.2) is 11.4 Å². The predicted octanol–water partition coefficient (Wildman–Crippen LogP) is 4.34. The molecule has 0 N–H and O–H groups in total. The number of ether oxygens (including phenoxy) is 2. The van der Waals surface area contributed by atoms with E-state index in [-0.39, 0.29) is 17.7 Å². The van der Waals surface area contributed by atoms with Crippen LogP contribution in [0, 0.1) is 0 Å². The first kappa shape index (κ1) is 22.6. The molecule has 0 saturated heterocycles. The van der Waals surface area contributed by atoms with Gasteiger partial charge in [0.1, 0.15) is 12.0 Å². The number of rotatable bonds is 5. The lowest BCUT2D eigenvalue weighted by Gasteiger charge is -2.35. The molecule has 1 aliphatic rings. The van der Waals surface area contributed by atoms with Gasteiger partial charge in [-0.15, -0.1) is 0 Å². The summed E-state index contributed by atoms with van der Waals surface area (Å²) >= 11 is 0. The highest BCUT2D eigenvalue weighted by atomic mass is 16.5. The van der Waals surface area contributed by atoms with Crippen LogP contribution in [0.15, 0.2) is 59.3 Å². The fraction of sp³-hybridized carbons (Fsp3) is 0.346. The minimum atomic E-state index is -1.32. The molecule has 172 valence electrons. The second kappa shape index (κ2) is 8.39. The molecule has 0 spiro atoms. The highest BCUT2D eigenvalue weighted by molar-refractivity contribution is 6.13. The topological polar surface area (TPSA) is 81.9 Å². The van der Waals surface area contributed by atoms with Gasteiger partial charge in [0.2, 0.25) is 0 Å². The fourth-order valence-corrected chi connectivity index (χ4v) is 4.54. The Balaban J connectivity index is 1.86. The molecule has 2 heterocycles. The minimum Gasteiger partial charge on any atom is -0.496 e. The van der Waals surface area contributed by atoms with Crippen LogP contribution in [0.1, 0.15) is 48.1 Å². The van der Waals surface area contributed by atoms with Gasteiger partial charge in [-0.05, 0) is 34.7 Å². The highest BCUT2D eigenvalue weighted by Crippen LogP contribution is 2.43. The summed E-state index contributed by atoms with van der Waals surface area (Å²) in [5.41, 5.74) is 1.46. The Morgan fingerprint density at radius 1 is 1.15 bits per heavy atom. The number of hydrogen-bond acceptors (Lipinski definition) is 6. The molecule has 1 aromatic heterocycles. The molecule has 4 rings (SSSR count). The zero-order valence-electron chi connectivity index (χ0n) is 19.5. The first-order valence-corrected chi connectivity index (χ1v) is 10.8. The summed E-state index contributed by atoms with van der Waals surface area (Å²) in [6.07, 6.45) is 3.35. The Morgan fingerprint density at radius 3 is 2.55 bits per heavy atom. The van der Waals surface area contributed by atoms with Crippen LogP contribution in [-0.4, -0.2) is 36.6 Å². The van der Waals surface area contributed by atoms with Crippen molar-refractivity contribution in [3.8, 4) is 5.75 Å². The highest BCUT2D eigenvalue weighted by Gasteiger charge is 2.54. The average molecular weight is 449 g/mol. The van der Waals surface area contributed by atoms with Gasteiger partial charge >= 0.3 is 5.97 Å². The first-order chi connectivity index (χ1) is 15.7. The van der Waals surface area contributed by atoms with E-state index < -0.39 is 11.5 Å². The number of nitrogens with zero attached hydrogens (tertiary/aromatic N) is 2. The number of fused-ring (bicyclic) bond motifs is 1. The number of carbonyl (C=O) groups excluding carboxylic acids is 2. The third-order valence-electron chi connectivity index (χ3n) is 6.10.